The molecule has 1 aromatic rings. The smallest absolute Gasteiger partial charge is 0.326 e. The van der Waals surface area contributed by atoms with E-state index in [9.17, 15) is 14.7 Å². The number of rotatable bonds is 2. The van der Waals surface area contributed by atoms with Gasteiger partial charge in [0, 0.05) is 12.5 Å². The van der Waals surface area contributed by atoms with E-state index < -0.39 is 12.0 Å². The highest BCUT2D eigenvalue weighted by Gasteiger charge is 2.37. The Morgan fingerprint density at radius 3 is 2.90 bits per heavy atom. The van der Waals surface area contributed by atoms with Crippen molar-refractivity contribution in [1.82, 2.24) is 20.2 Å². The largest absolute Gasteiger partial charge is 0.480 e. The number of H-pyrrole nitrogens is 1. The summed E-state index contributed by atoms with van der Waals surface area (Å²) in [5.74, 6) is -0.355. The van der Waals surface area contributed by atoms with E-state index in [4.69, 9.17) is 0 Å². The number of aromatic amines is 1. The normalized spacial score (nSPS) is 28.4. The van der Waals surface area contributed by atoms with Crippen molar-refractivity contribution in [2.24, 2.45) is 5.92 Å². The zero-order valence-electron chi connectivity index (χ0n) is 11.3. The number of carbonyl (C=O) groups is 2. The van der Waals surface area contributed by atoms with E-state index in [1.165, 1.54) is 4.90 Å². The van der Waals surface area contributed by atoms with Crippen molar-refractivity contribution in [3.8, 4) is 0 Å². The molecule has 1 saturated carbocycles. The molecular formula is C13H18N4O3. The number of hydrogen-bond donors (Lipinski definition) is 3. The minimum Gasteiger partial charge on any atom is -0.480 e. The summed E-state index contributed by atoms with van der Waals surface area (Å²) in [6.07, 6.45) is 3.72. The Hall–Kier alpha value is -2.05. The van der Waals surface area contributed by atoms with Crippen molar-refractivity contribution in [2.75, 3.05) is 0 Å². The van der Waals surface area contributed by atoms with Gasteiger partial charge in [-0.1, -0.05) is 6.92 Å². The molecule has 3 N–H and O–H groups in total. The minimum atomic E-state index is -0.990. The zero-order valence-corrected chi connectivity index (χ0v) is 11.3. The van der Waals surface area contributed by atoms with Gasteiger partial charge in [-0.2, -0.15) is 0 Å². The zero-order chi connectivity index (χ0) is 14.3. The first kappa shape index (κ1) is 13.0. The summed E-state index contributed by atoms with van der Waals surface area (Å²) in [4.78, 5) is 32.1. The lowest BCUT2D eigenvalue weighted by Gasteiger charge is -2.37. The molecule has 2 aliphatic rings. The van der Waals surface area contributed by atoms with Gasteiger partial charge in [0.2, 0.25) is 0 Å². The van der Waals surface area contributed by atoms with Crippen LogP contribution >= 0.6 is 0 Å². The summed E-state index contributed by atoms with van der Waals surface area (Å²) < 4.78 is 0. The van der Waals surface area contributed by atoms with Crippen LogP contribution in [-0.4, -0.2) is 44.1 Å². The summed E-state index contributed by atoms with van der Waals surface area (Å²) in [6.45, 7) is 2.40. The molecule has 108 valence electrons. The van der Waals surface area contributed by atoms with Gasteiger partial charge >= 0.3 is 12.0 Å². The van der Waals surface area contributed by atoms with Gasteiger partial charge in [0.05, 0.1) is 24.3 Å². The third kappa shape index (κ3) is 2.23. The highest BCUT2D eigenvalue weighted by molar-refractivity contribution is 5.83. The average molecular weight is 278 g/mol. The van der Waals surface area contributed by atoms with Crippen LogP contribution in [0.2, 0.25) is 0 Å². The van der Waals surface area contributed by atoms with Crippen LogP contribution in [0.5, 0.6) is 0 Å². The Morgan fingerprint density at radius 2 is 2.25 bits per heavy atom. The van der Waals surface area contributed by atoms with E-state index in [1.54, 1.807) is 6.33 Å². The number of nitrogens with one attached hydrogen (secondary N) is 2. The van der Waals surface area contributed by atoms with Crippen molar-refractivity contribution in [1.29, 1.82) is 0 Å². The molecule has 0 bridgehead atoms. The SMILES string of the molecule is CC1CC(NC(=O)N2Cc3[nH]cnc3CC2C(=O)O)C1. The van der Waals surface area contributed by atoms with Crippen molar-refractivity contribution in [3.63, 3.8) is 0 Å². The summed E-state index contributed by atoms with van der Waals surface area (Å²) in [7, 11) is 0. The van der Waals surface area contributed by atoms with Crippen LogP contribution in [0.3, 0.4) is 0 Å². The van der Waals surface area contributed by atoms with Gasteiger partial charge < -0.3 is 20.3 Å². The first-order valence-corrected chi connectivity index (χ1v) is 6.85. The second-order valence-corrected chi connectivity index (χ2v) is 5.74. The van der Waals surface area contributed by atoms with Gasteiger partial charge in [0.1, 0.15) is 6.04 Å². The van der Waals surface area contributed by atoms with Crippen LogP contribution in [0.15, 0.2) is 6.33 Å². The minimum absolute atomic E-state index is 0.176. The number of imidazole rings is 1. The number of amides is 2. The molecule has 7 heteroatoms. The Kier molecular flexibility index (Phi) is 3.11. The molecule has 0 spiro atoms. The first-order valence-electron chi connectivity index (χ1n) is 6.85. The fraction of sp³-hybridized carbons (Fsp3) is 0.615. The Balaban J connectivity index is 1.72. The topological polar surface area (TPSA) is 98.3 Å². The van der Waals surface area contributed by atoms with E-state index in [0.717, 1.165) is 24.2 Å². The number of carboxylic acid groups (broad SMARTS) is 1. The van der Waals surface area contributed by atoms with Crippen LogP contribution in [0.1, 0.15) is 31.2 Å². The highest BCUT2D eigenvalue weighted by atomic mass is 16.4. The summed E-state index contributed by atoms with van der Waals surface area (Å²) in [5, 5.41) is 12.2. The van der Waals surface area contributed by atoms with Crippen LogP contribution in [0, 0.1) is 5.92 Å². The number of fused-ring (bicyclic) bond motifs is 1. The van der Waals surface area contributed by atoms with Crippen LogP contribution < -0.4 is 5.32 Å². The average Bonchev–Trinajstić information content (AvgIpc) is 2.82. The molecule has 0 aromatic carbocycles. The lowest BCUT2D eigenvalue weighted by Crippen LogP contribution is -2.55. The van der Waals surface area contributed by atoms with Crippen molar-refractivity contribution in [2.45, 2.75) is 44.8 Å². The number of aromatic nitrogens is 2. The maximum atomic E-state index is 12.3. The number of urea groups is 1. The molecule has 1 aliphatic carbocycles. The van der Waals surface area contributed by atoms with E-state index in [2.05, 4.69) is 22.2 Å². The Labute approximate surface area is 116 Å². The molecule has 7 nitrogen and oxygen atoms in total. The Morgan fingerprint density at radius 1 is 1.50 bits per heavy atom. The van der Waals surface area contributed by atoms with Gasteiger partial charge in [-0.15, -0.1) is 0 Å². The second-order valence-electron chi connectivity index (χ2n) is 5.74. The van der Waals surface area contributed by atoms with Gasteiger partial charge in [0.15, 0.2) is 0 Å². The predicted octanol–water partition coefficient (Wildman–Crippen LogP) is 0.729. The molecule has 2 heterocycles. The Bertz CT molecular complexity index is 535. The summed E-state index contributed by atoms with van der Waals surface area (Å²) in [6, 6.07) is -0.965. The molecule has 1 aliphatic heterocycles. The molecule has 0 radical (unpaired) electrons. The third-order valence-corrected chi connectivity index (χ3v) is 4.15. The molecule has 0 saturated heterocycles. The molecule has 2 amide bonds. The monoisotopic (exact) mass is 278 g/mol. The van der Waals surface area contributed by atoms with Gasteiger partial charge in [-0.25, -0.2) is 14.6 Å². The maximum Gasteiger partial charge on any atom is 0.326 e. The van der Waals surface area contributed by atoms with Crippen LogP contribution in [0.4, 0.5) is 4.79 Å². The van der Waals surface area contributed by atoms with E-state index >= 15 is 0 Å². The van der Waals surface area contributed by atoms with E-state index in [1.807, 2.05) is 0 Å². The number of nitrogens with zero attached hydrogens (tertiary/aromatic N) is 2. The number of carbonyl (C=O) groups excluding carboxylic acids is 1. The quantitative estimate of drug-likeness (QED) is 0.742. The van der Waals surface area contributed by atoms with Crippen molar-refractivity contribution < 1.29 is 14.7 Å². The molecule has 1 aromatic heterocycles. The van der Waals surface area contributed by atoms with Gasteiger partial charge in [-0.05, 0) is 18.8 Å². The van der Waals surface area contributed by atoms with Gasteiger partial charge in [-0.3, -0.25) is 0 Å². The first-order chi connectivity index (χ1) is 9.54. The van der Waals surface area contributed by atoms with Gasteiger partial charge in [0.25, 0.3) is 0 Å². The lowest BCUT2D eigenvalue weighted by molar-refractivity contribution is -0.142. The third-order valence-electron chi connectivity index (χ3n) is 4.15. The molecule has 1 atom stereocenters. The standard InChI is InChI=1S/C13H18N4O3/c1-7-2-8(3-7)16-13(20)17-5-10-9(14-6-15-10)4-11(17)12(18)19/h6-8,11H,2-5H2,1H3,(H,14,15)(H,16,20)(H,18,19). The van der Waals surface area contributed by atoms with Crippen molar-refractivity contribution >= 4 is 12.0 Å². The van der Waals surface area contributed by atoms with Crippen molar-refractivity contribution in [3.05, 3.63) is 17.7 Å². The molecule has 1 unspecified atom stereocenters. The highest BCUT2D eigenvalue weighted by Crippen LogP contribution is 2.27. The second kappa shape index (κ2) is 4.81. The lowest BCUT2D eigenvalue weighted by atomic mass is 9.82. The van der Waals surface area contributed by atoms with Crippen LogP contribution in [0.25, 0.3) is 0 Å². The van der Waals surface area contributed by atoms with E-state index in [-0.39, 0.29) is 25.0 Å². The number of hydrogen-bond acceptors (Lipinski definition) is 3. The fourth-order valence-corrected chi connectivity index (χ4v) is 2.95. The summed E-state index contributed by atoms with van der Waals surface area (Å²) in [5.41, 5.74) is 1.55. The van der Waals surface area contributed by atoms with E-state index in [0.29, 0.717) is 5.92 Å². The fourth-order valence-electron chi connectivity index (χ4n) is 2.95. The molecule has 3 rings (SSSR count). The number of aliphatic carboxylic acids is 1. The predicted molar refractivity (Wildman–Crippen MR) is 70.0 cm³/mol. The summed E-state index contributed by atoms with van der Waals surface area (Å²) >= 11 is 0. The molecule has 20 heavy (non-hydrogen) atoms. The molecular weight excluding hydrogens is 260 g/mol. The van der Waals surface area contributed by atoms with Crippen LogP contribution in [-0.2, 0) is 17.8 Å². The number of carboxylic acids is 1. The molecule has 1 fully saturated rings. The maximum absolute atomic E-state index is 12.3.